The lowest BCUT2D eigenvalue weighted by atomic mass is 9.92. The number of esters is 1. The number of nitrogens with two attached hydrogens (primary N) is 1. The molecule has 0 saturated heterocycles. The summed E-state index contributed by atoms with van der Waals surface area (Å²) in [7, 11) is 1.40. The molecule has 0 aliphatic heterocycles. The van der Waals surface area contributed by atoms with E-state index in [2.05, 4.69) is 23.2 Å². The van der Waals surface area contributed by atoms with E-state index in [1.807, 2.05) is 12.3 Å². The second-order valence-electron chi connectivity index (χ2n) is 5.57. The Morgan fingerprint density at radius 3 is 3.05 bits per heavy atom. The number of methoxy groups -OCH3 is 1. The first-order valence-electron chi connectivity index (χ1n) is 6.83. The van der Waals surface area contributed by atoms with E-state index < -0.39 is 5.54 Å². The molecule has 1 saturated carbocycles. The summed E-state index contributed by atoms with van der Waals surface area (Å²) >= 11 is 0. The predicted molar refractivity (Wildman–Crippen MR) is 77.3 cm³/mol. The molecule has 104 valence electrons. The van der Waals surface area contributed by atoms with Gasteiger partial charge in [-0.3, -0.25) is 9.78 Å². The van der Waals surface area contributed by atoms with Gasteiger partial charge in [0.05, 0.1) is 7.11 Å². The summed E-state index contributed by atoms with van der Waals surface area (Å²) in [6.45, 7) is 0. The summed E-state index contributed by atoms with van der Waals surface area (Å²) in [5, 5.41) is 2.30. The first-order valence-corrected chi connectivity index (χ1v) is 6.83. The molecule has 0 spiro atoms. The molecule has 1 aliphatic rings. The molecular formula is C16H18N2O2. The van der Waals surface area contributed by atoms with Gasteiger partial charge in [-0.15, -0.1) is 0 Å². The molecule has 2 aromatic rings. The topological polar surface area (TPSA) is 65.2 Å². The number of aromatic nitrogens is 1. The van der Waals surface area contributed by atoms with Crippen molar-refractivity contribution in [1.82, 2.24) is 4.98 Å². The Morgan fingerprint density at radius 2 is 2.25 bits per heavy atom. The van der Waals surface area contributed by atoms with Gasteiger partial charge in [-0.1, -0.05) is 18.2 Å². The number of carbonyl (C=O) groups excluding carboxylic acids is 1. The van der Waals surface area contributed by atoms with Crippen LogP contribution in [0.15, 0.2) is 36.7 Å². The first kappa shape index (κ1) is 13.1. The highest BCUT2D eigenvalue weighted by Gasteiger charge is 2.43. The zero-order chi connectivity index (χ0) is 14.2. The van der Waals surface area contributed by atoms with Crippen LogP contribution in [0, 0.1) is 0 Å². The third-order valence-corrected chi connectivity index (χ3v) is 4.28. The summed E-state index contributed by atoms with van der Waals surface area (Å²) < 4.78 is 4.82. The standard InChI is InChI=1S/C16H18N2O2/c1-20-15(19)16(17)6-4-13(9-16)11-2-3-14-10-18-7-5-12(14)8-11/h2-3,5,7-8,10,13H,4,6,9,17H2,1H3. The van der Waals surface area contributed by atoms with Crippen molar-refractivity contribution in [1.29, 1.82) is 0 Å². The van der Waals surface area contributed by atoms with Crippen LogP contribution in [0.5, 0.6) is 0 Å². The fourth-order valence-corrected chi connectivity index (χ4v) is 3.10. The van der Waals surface area contributed by atoms with Gasteiger partial charge >= 0.3 is 5.97 Å². The Bertz CT molecular complexity index is 656. The lowest BCUT2D eigenvalue weighted by Crippen LogP contribution is -2.46. The molecule has 2 N–H and O–H groups in total. The van der Waals surface area contributed by atoms with Crippen molar-refractivity contribution >= 4 is 16.7 Å². The summed E-state index contributed by atoms with van der Waals surface area (Å²) in [6, 6.07) is 8.36. The summed E-state index contributed by atoms with van der Waals surface area (Å²) in [4.78, 5) is 15.9. The molecular weight excluding hydrogens is 252 g/mol. The summed E-state index contributed by atoms with van der Waals surface area (Å²) in [6.07, 6.45) is 5.90. The lowest BCUT2D eigenvalue weighted by Gasteiger charge is -2.20. The van der Waals surface area contributed by atoms with Gasteiger partial charge in [-0.05, 0) is 42.2 Å². The highest BCUT2D eigenvalue weighted by molar-refractivity contribution is 5.83. The Hall–Kier alpha value is -1.94. The minimum Gasteiger partial charge on any atom is -0.468 e. The van der Waals surface area contributed by atoms with E-state index in [1.54, 1.807) is 6.20 Å². The number of fused-ring (bicyclic) bond motifs is 1. The maximum atomic E-state index is 11.8. The zero-order valence-electron chi connectivity index (χ0n) is 11.5. The molecule has 2 unspecified atom stereocenters. The highest BCUT2D eigenvalue weighted by atomic mass is 16.5. The van der Waals surface area contributed by atoms with E-state index in [9.17, 15) is 4.79 Å². The van der Waals surface area contributed by atoms with Crippen molar-refractivity contribution in [3.05, 3.63) is 42.2 Å². The largest absolute Gasteiger partial charge is 0.468 e. The van der Waals surface area contributed by atoms with Crippen LogP contribution in [0.3, 0.4) is 0 Å². The number of benzene rings is 1. The Labute approximate surface area is 117 Å². The van der Waals surface area contributed by atoms with Crippen LogP contribution in [-0.2, 0) is 9.53 Å². The van der Waals surface area contributed by atoms with E-state index in [-0.39, 0.29) is 5.97 Å². The van der Waals surface area contributed by atoms with Gasteiger partial charge < -0.3 is 10.5 Å². The van der Waals surface area contributed by atoms with Crippen LogP contribution in [0.25, 0.3) is 10.8 Å². The minimum absolute atomic E-state index is 0.301. The minimum atomic E-state index is -0.827. The van der Waals surface area contributed by atoms with Gasteiger partial charge in [0.25, 0.3) is 0 Å². The van der Waals surface area contributed by atoms with Crippen molar-refractivity contribution < 1.29 is 9.53 Å². The zero-order valence-corrected chi connectivity index (χ0v) is 11.5. The average Bonchev–Trinajstić information content (AvgIpc) is 2.89. The van der Waals surface area contributed by atoms with Gasteiger partial charge in [0, 0.05) is 17.8 Å². The number of rotatable bonds is 2. The highest BCUT2D eigenvalue weighted by Crippen LogP contribution is 2.40. The van der Waals surface area contributed by atoms with Gasteiger partial charge in [0.15, 0.2) is 0 Å². The predicted octanol–water partition coefficient (Wildman–Crippen LogP) is 2.37. The summed E-state index contributed by atoms with van der Waals surface area (Å²) in [5.74, 6) is 0.0154. The van der Waals surface area contributed by atoms with E-state index in [1.165, 1.54) is 18.1 Å². The third kappa shape index (κ3) is 2.16. The van der Waals surface area contributed by atoms with Crippen molar-refractivity contribution in [3.8, 4) is 0 Å². The normalized spacial score (nSPS) is 25.8. The molecule has 1 aromatic heterocycles. The van der Waals surface area contributed by atoms with Gasteiger partial charge in [-0.25, -0.2) is 0 Å². The monoisotopic (exact) mass is 270 g/mol. The van der Waals surface area contributed by atoms with Crippen LogP contribution in [0.1, 0.15) is 30.7 Å². The molecule has 0 amide bonds. The second kappa shape index (κ2) is 4.87. The molecule has 0 radical (unpaired) electrons. The molecule has 3 rings (SSSR count). The molecule has 4 heteroatoms. The maximum Gasteiger partial charge on any atom is 0.325 e. The number of hydrogen-bond donors (Lipinski definition) is 1. The first-order chi connectivity index (χ1) is 9.62. The van der Waals surface area contributed by atoms with Gasteiger partial charge in [-0.2, -0.15) is 0 Å². The van der Waals surface area contributed by atoms with Crippen molar-refractivity contribution in [2.24, 2.45) is 5.73 Å². The molecule has 1 aromatic carbocycles. The van der Waals surface area contributed by atoms with Gasteiger partial charge in [0.1, 0.15) is 5.54 Å². The SMILES string of the molecule is COC(=O)C1(N)CCC(c2ccc3cnccc3c2)C1. The molecule has 1 aliphatic carbocycles. The van der Waals surface area contributed by atoms with Crippen LogP contribution in [-0.4, -0.2) is 23.6 Å². The average molecular weight is 270 g/mol. The van der Waals surface area contributed by atoms with Crippen molar-refractivity contribution in [2.75, 3.05) is 7.11 Å². The fraction of sp³-hybridized carbons (Fsp3) is 0.375. The quantitative estimate of drug-likeness (QED) is 0.851. The van der Waals surface area contributed by atoms with Crippen LogP contribution >= 0.6 is 0 Å². The van der Waals surface area contributed by atoms with Crippen LogP contribution in [0.2, 0.25) is 0 Å². The number of hydrogen-bond acceptors (Lipinski definition) is 4. The Balaban J connectivity index is 1.88. The molecule has 1 fully saturated rings. The third-order valence-electron chi connectivity index (χ3n) is 4.28. The smallest absolute Gasteiger partial charge is 0.325 e. The number of pyridine rings is 1. The molecule has 20 heavy (non-hydrogen) atoms. The number of carbonyl (C=O) groups is 1. The van der Waals surface area contributed by atoms with E-state index in [0.717, 1.165) is 11.8 Å². The number of nitrogens with zero attached hydrogens (tertiary/aromatic N) is 1. The van der Waals surface area contributed by atoms with Crippen molar-refractivity contribution in [2.45, 2.75) is 30.7 Å². The van der Waals surface area contributed by atoms with E-state index in [0.29, 0.717) is 18.8 Å². The summed E-state index contributed by atoms with van der Waals surface area (Å²) in [5.41, 5.74) is 6.58. The maximum absolute atomic E-state index is 11.8. The van der Waals surface area contributed by atoms with E-state index in [4.69, 9.17) is 10.5 Å². The Morgan fingerprint density at radius 1 is 1.40 bits per heavy atom. The molecule has 4 nitrogen and oxygen atoms in total. The van der Waals surface area contributed by atoms with Crippen molar-refractivity contribution in [3.63, 3.8) is 0 Å². The lowest BCUT2D eigenvalue weighted by molar-refractivity contribution is -0.146. The molecule has 0 bridgehead atoms. The number of ether oxygens (including phenoxy) is 1. The van der Waals surface area contributed by atoms with Crippen LogP contribution in [0.4, 0.5) is 0 Å². The second-order valence-corrected chi connectivity index (χ2v) is 5.57. The molecule has 1 heterocycles. The fourth-order valence-electron chi connectivity index (χ4n) is 3.10. The van der Waals surface area contributed by atoms with Gasteiger partial charge in [0.2, 0.25) is 0 Å². The Kier molecular flexibility index (Phi) is 3.18. The molecule has 2 atom stereocenters. The van der Waals surface area contributed by atoms with E-state index >= 15 is 0 Å². The van der Waals surface area contributed by atoms with Crippen LogP contribution < -0.4 is 5.73 Å².